The Morgan fingerprint density at radius 3 is 2.00 bits per heavy atom. The summed E-state index contributed by atoms with van der Waals surface area (Å²) in [7, 11) is 2.19. The van der Waals surface area contributed by atoms with E-state index in [1.807, 2.05) is 11.3 Å². The van der Waals surface area contributed by atoms with Gasteiger partial charge >= 0.3 is 0 Å². The summed E-state index contributed by atoms with van der Waals surface area (Å²) in [4.78, 5) is 5.21. The largest absolute Gasteiger partial charge is 0.344 e. The van der Waals surface area contributed by atoms with E-state index in [2.05, 4.69) is 223 Å². The maximum absolute atomic E-state index is 2.61. The first-order valence-electron chi connectivity index (χ1n) is 22.9. The number of para-hydroxylation sites is 1. The van der Waals surface area contributed by atoms with Crippen LogP contribution in [0.3, 0.4) is 0 Å². The van der Waals surface area contributed by atoms with Gasteiger partial charge in [-0.2, -0.15) is 0 Å². The Kier molecular flexibility index (Phi) is 8.99. The number of nitrogens with zero attached hydrogens (tertiary/aromatic N) is 3. The van der Waals surface area contributed by atoms with Crippen molar-refractivity contribution in [1.29, 1.82) is 0 Å². The summed E-state index contributed by atoms with van der Waals surface area (Å²) in [5.74, 6) is 0.392. The van der Waals surface area contributed by atoms with Crippen LogP contribution in [0.25, 0.3) is 43.0 Å². The van der Waals surface area contributed by atoms with Gasteiger partial charge in [0, 0.05) is 72.0 Å². The Labute approximate surface area is 377 Å². The van der Waals surface area contributed by atoms with Crippen molar-refractivity contribution < 1.29 is 0 Å². The monoisotopic (exact) mass is 837 g/mol. The fourth-order valence-electron chi connectivity index (χ4n) is 10.4. The summed E-state index contributed by atoms with van der Waals surface area (Å²) in [6.45, 7) is 21.0. The van der Waals surface area contributed by atoms with Gasteiger partial charge in [0.15, 0.2) is 0 Å². The van der Waals surface area contributed by atoms with Crippen LogP contribution in [0.15, 0.2) is 140 Å². The van der Waals surface area contributed by atoms with Crippen molar-refractivity contribution >= 4 is 99.8 Å². The van der Waals surface area contributed by atoms with E-state index < -0.39 is 0 Å². The van der Waals surface area contributed by atoms with Crippen LogP contribution in [0.1, 0.15) is 90.5 Å². The molecule has 2 aliphatic rings. The minimum atomic E-state index is -0.0297. The summed E-state index contributed by atoms with van der Waals surface area (Å²) >= 11 is 1.99. The molecule has 4 heterocycles. The van der Waals surface area contributed by atoms with Gasteiger partial charge in [0.2, 0.25) is 0 Å². The lowest BCUT2D eigenvalue weighted by Gasteiger charge is -2.43. The third-order valence-electron chi connectivity index (χ3n) is 14.1. The third kappa shape index (κ3) is 6.14. The molecule has 2 aliphatic heterocycles. The van der Waals surface area contributed by atoms with Crippen LogP contribution >= 0.6 is 11.3 Å². The molecule has 312 valence electrons. The highest BCUT2D eigenvalue weighted by atomic mass is 32.1. The van der Waals surface area contributed by atoms with E-state index >= 15 is 0 Å². The maximum atomic E-state index is 2.61. The average molecular weight is 838 g/mol. The molecule has 0 saturated heterocycles. The van der Waals surface area contributed by atoms with E-state index in [-0.39, 0.29) is 17.5 Å². The summed E-state index contributed by atoms with van der Waals surface area (Å²) in [6, 6.07) is 54.2. The number of fused-ring (bicyclic) bond motifs is 9. The summed E-state index contributed by atoms with van der Waals surface area (Å²) in [5.41, 5.74) is 20.6. The van der Waals surface area contributed by atoms with Crippen molar-refractivity contribution in [1.82, 2.24) is 4.57 Å². The number of hydrogen-bond donors (Lipinski definition) is 0. The number of rotatable bonds is 5. The lowest BCUT2D eigenvalue weighted by molar-refractivity contribution is 0.590. The fraction of sp³-hybridized carbons (Fsp3) is 0.241. The normalized spacial score (nSPS) is 13.7. The minimum Gasteiger partial charge on any atom is -0.344 e. The van der Waals surface area contributed by atoms with Crippen LogP contribution in [-0.2, 0) is 24.3 Å². The molecule has 0 unspecified atom stereocenters. The van der Waals surface area contributed by atoms with Gasteiger partial charge in [-0.3, -0.25) is 0 Å². The van der Waals surface area contributed by atoms with Crippen molar-refractivity contribution in [2.75, 3.05) is 9.80 Å². The Balaban J connectivity index is 1.22. The predicted octanol–water partition coefficient (Wildman–Crippen LogP) is 14.6. The molecule has 0 aliphatic carbocycles. The van der Waals surface area contributed by atoms with Crippen molar-refractivity contribution in [3.63, 3.8) is 0 Å². The molecule has 0 atom stereocenters. The van der Waals surface area contributed by atoms with E-state index in [4.69, 9.17) is 0 Å². The second-order valence-corrected chi connectivity index (χ2v) is 21.5. The number of anilines is 6. The number of aromatic nitrogens is 1. The molecule has 5 heteroatoms. The Bertz CT molecular complexity index is 3300. The summed E-state index contributed by atoms with van der Waals surface area (Å²) < 4.78 is 5.09. The minimum absolute atomic E-state index is 0.0266. The van der Waals surface area contributed by atoms with Crippen molar-refractivity contribution in [2.45, 2.75) is 85.5 Å². The first-order chi connectivity index (χ1) is 30.2. The molecule has 7 aromatic carbocycles. The molecule has 0 N–H and O–H groups in total. The summed E-state index contributed by atoms with van der Waals surface area (Å²) in [5, 5.41) is 3.91. The zero-order chi connectivity index (χ0) is 43.7. The quantitative estimate of drug-likeness (QED) is 0.160. The Hall–Kier alpha value is -6.04. The Morgan fingerprint density at radius 1 is 0.587 bits per heavy atom. The van der Waals surface area contributed by atoms with Crippen LogP contribution in [-0.4, -0.2) is 11.3 Å². The lowest BCUT2D eigenvalue weighted by atomic mass is 9.36. The van der Waals surface area contributed by atoms with E-state index in [9.17, 15) is 0 Å². The van der Waals surface area contributed by atoms with Crippen LogP contribution in [0.2, 0.25) is 0 Å². The van der Waals surface area contributed by atoms with Gasteiger partial charge in [-0.05, 0) is 135 Å². The second kappa shape index (κ2) is 14.2. The molecule has 0 bridgehead atoms. The third-order valence-corrected chi connectivity index (χ3v) is 15.3. The van der Waals surface area contributed by atoms with Crippen molar-refractivity contribution in [3.8, 4) is 11.1 Å². The topological polar surface area (TPSA) is 11.4 Å². The number of hydrogen-bond acceptors (Lipinski definition) is 3. The molecular formula is C58H56BN3S. The number of aryl methyl sites for hydroxylation is 2. The van der Waals surface area contributed by atoms with Crippen LogP contribution in [0.5, 0.6) is 0 Å². The second-order valence-electron chi connectivity index (χ2n) is 20.4. The highest BCUT2D eigenvalue weighted by Crippen LogP contribution is 2.50. The van der Waals surface area contributed by atoms with Gasteiger partial charge in [0.25, 0.3) is 6.71 Å². The average Bonchev–Trinajstić information content (AvgIpc) is 3.79. The van der Waals surface area contributed by atoms with Crippen molar-refractivity contribution in [3.05, 3.63) is 162 Å². The first-order valence-corrected chi connectivity index (χ1v) is 23.7. The van der Waals surface area contributed by atoms with Gasteiger partial charge in [0.1, 0.15) is 0 Å². The zero-order valence-electron chi connectivity index (χ0n) is 38.4. The first kappa shape index (κ1) is 39.8. The SMILES string of the molecule is CCc1ccc(N2c3cccc4c3B(c3cc(C(C)C)ccc3N4c3ccc(C(C)(C)C)cc3-c3ccc4c(c3)c3ccccc3n4C)c3sc4ccc(C(C)(C)C)cc4c32)cc1. The highest BCUT2D eigenvalue weighted by molar-refractivity contribution is 7.33. The van der Waals surface area contributed by atoms with E-state index in [0.29, 0.717) is 5.92 Å². The smallest absolute Gasteiger partial charge is 0.264 e. The zero-order valence-corrected chi connectivity index (χ0v) is 39.2. The predicted molar refractivity (Wildman–Crippen MR) is 276 cm³/mol. The molecule has 63 heavy (non-hydrogen) atoms. The number of benzene rings is 7. The Morgan fingerprint density at radius 2 is 1.27 bits per heavy atom. The van der Waals surface area contributed by atoms with Crippen LogP contribution < -0.4 is 25.5 Å². The lowest BCUT2D eigenvalue weighted by Crippen LogP contribution is -2.60. The number of thiophene rings is 1. The van der Waals surface area contributed by atoms with Gasteiger partial charge in [0.05, 0.1) is 11.4 Å². The maximum Gasteiger partial charge on any atom is 0.264 e. The van der Waals surface area contributed by atoms with Gasteiger partial charge in [-0.25, -0.2) is 0 Å². The molecule has 11 rings (SSSR count). The van der Waals surface area contributed by atoms with Gasteiger partial charge < -0.3 is 14.4 Å². The van der Waals surface area contributed by atoms with Gasteiger partial charge in [-0.1, -0.05) is 129 Å². The molecular weight excluding hydrogens is 782 g/mol. The highest BCUT2D eigenvalue weighted by Gasteiger charge is 2.45. The standard InChI is InChI=1S/C58H56BN3S/c1-11-36-19-25-41(26-20-36)61-51-17-14-18-52-54(51)59(56-55(61)45-34-40(58(7,8)9)24-30-53(45)63-56)46-32-37(35(2)3)21-28-50(46)62(52)49-29-23-39(57(4,5)6)33-43(49)38-22-27-48-44(31-38)42-15-12-13-16-47(42)60(48)10/h12-35H,11H2,1-10H3. The molecule has 0 spiro atoms. The molecule has 0 amide bonds. The van der Waals surface area contributed by atoms with Crippen LogP contribution in [0, 0.1) is 0 Å². The van der Waals surface area contributed by atoms with E-state index in [1.54, 1.807) is 0 Å². The molecule has 0 fully saturated rings. The molecule has 3 nitrogen and oxygen atoms in total. The summed E-state index contributed by atoms with van der Waals surface area (Å²) in [6.07, 6.45) is 1.01. The molecule has 0 radical (unpaired) electrons. The fourth-order valence-corrected chi connectivity index (χ4v) is 11.7. The van der Waals surface area contributed by atoms with E-state index in [1.165, 1.54) is 115 Å². The molecule has 0 saturated carbocycles. The van der Waals surface area contributed by atoms with Crippen LogP contribution in [0.4, 0.5) is 34.1 Å². The molecule has 9 aromatic rings. The van der Waals surface area contributed by atoms with E-state index in [0.717, 1.165) is 6.42 Å². The molecule has 2 aromatic heterocycles. The van der Waals surface area contributed by atoms with Crippen molar-refractivity contribution in [2.24, 2.45) is 7.05 Å². The van der Waals surface area contributed by atoms with Gasteiger partial charge in [-0.15, -0.1) is 11.3 Å².